The van der Waals surface area contributed by atoms with Crippen LogP contribution in [0.1, 0.15) is 12.8 Å². The molecule has 1 aromatic rings. The van der Waals surface area contributed by atoms with Gasteiger partial charge in [-0.05, 0) is 25.0 Å². The van der Waals surface area contributed by atoms with Crippen molar-refractivity contribution < 1.29 is 0 Å². The number of allylic oxidation sites excluding steroid dienone is 1. The summed E-state index contributed by atoms with van der Waals surface area (Å²) >= 11 is 0. The zero-order valence-corrected chi connectivity index (χ0v) is 7.03. The highest BCUT2D eigenvalue weighted by Crippen LogP contribution is 2.15. The molecular weight excluding hydrogens is 146 g/mol. The van der Waals surface area contributed by atoms with Gasteiger partial charge in [-0.25, -0.2) is 0 Å². The molecule has 1 aromatic carbocycles. The molecular formula is C11H13N. The van der Waals surface area contributed by atoms with E-state index < -0.39 is 0 Å². The number of rotatable bonds is 2. The Labute approximate surface area is 73.1 Å². The van der Waals surface area contributed by atoms with Crippen molar-refractivity contribution in [2.75, 3.05) is 5.32 Å². The predicted molar refractivity (Wildman–Crippen MR) is 52.2 cm³/mol. The first-order valence-electron chi connectivity index (χ1n) is 4.43. The van der Waals surface area contributed by atoms with Crippen LogP contribution in [0, 0.1) is 0 Å². The average Bonchev–Trinajstić information content (AvgIpc) is 2.59. The summed E-state index contributed by atoms with van der Waals surface area (Å²) in [6, 6.07) is 10.9. The number of nitrogens with one attached hydrogen (secondary N) is 1. The lowest BCUT2D eigenvalue weighted by molar-refractivity contribution is 0.826. The Morgan fingerprint density at radius 1 is 1.17 bits per heavy atom. The molecule has 0 aliphatic heterocycles. The summed E-state index contributed by atoms with van der Waals surface area (Å²) in [4.78, 5) is 0. The molecule has 0 saturated heterocycles. The molecule has 1 nitrogen and oxygen atoms in total. The Bertz CT molecular complexity index is 264. The highest BCUT2D eigenvalue weighted by Gasteiger charge is 2.07. The van der Waals surface area contributed by atoms with Gasteiger partial charge in [0, 0.05) is 11.7 Å². The van der Waals surface area contributed by atoms with E-state index in [4.69, 9.17) is 0 Å². The van der Waals surface area contributed by atoms with Crippen molar-refractivity contribution >= 4 is 5.69 Å². The topological polar surface area (TPSA) is 12.0 Å². The SMILES string of the molecule is C1=CC(Nc2ccccc2)CC1. The van der Waals surface area contributed by atoms with Gasteiger partial charge in [0.2, 0.25) is 0 Å². The third kappa shape index (κ3) is 1.67. The average molecular weight is 159 g/mol. The molecule has 0 bridgehead atoms. The third-order valence-corrected chi connectivity index (χ3v) is 2.14. The Kier molecular flexibility index (Phi) is 2.12. The lowest BCUT2D eigenvalue weighted by Crippen LogP contribution is -2.12. The normalized spacial score (nSPS) is 21.2. The minimum atomic E-state index is 0.549. The monoisotopic (exact) mass is 159 g/mol. The van der Waals surface area contributed by atoms with Gasteiger partial charge < -0.3 is 5.32 Å². The van der Waals surface area contributed by atoms with E-state index in [9.17, 15) is 0 Å². The van der Waals surface area contributed by atoms with Crippen LogP contribution in [0.5, 0.6) is 0 Å². The maximum Gasteiger partial charge on any atom is 0.0447 e. The molecule has 0 spiro atoms. The van der Waals surface area contributed by atoms with Gasteiger partial charge in [0.05, 0.1) is 0 Å². The molecule has 0 radical (unpaired) electrons. The van der Waals surface area contributed by atoms with Crippen molar-refractivity contribution in [3.63, 3.8) is 0 Å². The minimum Gasteiger partial charge on any atom is -0.379 e. The van der Waals surface area contributed by atoms with E-state index in [1.807, 2.05) is 6.07 Å². The Balaban J connectivity index is 1.99. The zero-order valence-electron chi connectivity index (χ0n) is 7.03. The molecule has 1 heteroatoms. The second-order valence-electron chi connectivity index (χ2n) is 3.12. The van der Waals surface area contributed by atoms with E-state index >= 15 is 0 Å². The summed E-state index contributed by atoms with van der Waals surface area (Å²) in [5, 5.41) is 3.45. The quantitative estimate of drug-likeness (QED) is 0.654. The second kappa shape index (κ2) is 3.44. The van der Waals surface area contributed by atoms with Crippen LogP contribution in [-0.4, -0.2) is 6.04 Å². The van der Waals surface area contributed by atoms with Crippen LogP contribution in [-0.2, 0) is 0 Å². The molecule has 2 rings (SSSR count). The Morgan fingerprint density at radius 3 is 2.67 bits per heavy atom. The molecule has 62 valence electrons. The summed E-state index contributed by atoms with van der Waals surface area (Å²) in [6.07, 6.45) is 6.92. The maximum atomic E-state index is 3.45. The summed E-state index contributed by atoms with van der Waals surface area (Å²) in [5.41, 5.74) is 1.22. The van der Waals surface area contributed by atoms with Crippen LogP contribution in [0.4, 0.5) is 5.69 Å². The Hall–Kier alpha value is -1.24. The van der Waals surface area contributed by atoms with E-state index in [1.165, 1.54) is 18.5 Å². The summed E-state index contributed by atoms with van der Waals surface area (Å²) in [6.45, 7) is 0. The molecule has 1 N–H and O–H groups in total. The number of hydrogen-bond donors (Lipinski definition) is 1. The third-order valence-electron chi connectivity index (χ3n) is 2.14. The smallest absolute Gasteiger partial charge is 0.0447 e. The molecule has 1 aliphatic rings. The molecule has 1 aliphatic carbocycles. The first kappa shape index (κ1) is 7.41. The van der Waals surface area contributed by atoms with E-state index in [-0.39, 0.29) is 0 Å². The van der Waals surface area contributed by atoms with E-state index in [0.717, 1.165) is 0 Å². The van der Waals surface area contributed by atoms with Crippen LogP contribution in [0.15, 0.2) is 42.5 Å². The van der Waals surface area contributed by atoms with Gasteiger partial charge in [-0.2, -0.15) is 0 Å². The van der Waals surface area contributed by atoms with Crippen molar-refractivity contribution in [1.29, 1.82) is 0 Å². The predicted octanol–water partition coefficient (Wildman–Crippen LogP) is 2.82. The van der Waals surface area contributed by atoms with Crippen LogP contribution < -0.4 is 5.32 Å². The fourth-order valence-corrected chi connectivity index (χ4v) is 1.50. The van der Waals surface area contributed by atoms with Crippen molar-refractivity contribution in [3.8, 4) is 0 Å². The molecule has 1 unspecified atom stereocenters. The highest BCUT2D eigenvalue weighted by atomic mass is 14.9. The van der Waals surface area contributed by atoms with E-state index in [2.05, 4.69) is 41.7 Å². The number of para-hydroxylation sites is 1. The van der Waals surface area contributed by atoms with Gasteiger partial charge >= 0.3 is 0 Å². The fourth-order valence-electron chi connectivity index (χ4n) is 1.50. The summed E-state index contributed by atoms with van der Waals surface area (Å²) in [5.74, 6) is 0. The van der Waals surface area contributed by atoms with Crippen LogP contribution >= 0.6 is 0 Å². The van der Waals surface area contributed by atoms with Crippen LogP contribution in [0.3, 0.4) is 0 Å². The minimum absolute atomic E-state index is 0.549. The van der Waals surface area contributed by atoms with Gasteiger partial charge in [-0.1, -0.05) is 30.4 Å². The van der Waals surface area contributed by atoms with Crippen molar-refractivity contribution in [2.24, 2.45) is 0 Å². The maximum absolute atomic E-state index is 3.45. The van der Waals surface area contributed by atoms with E-state index in [1.54, 1.807) is 0 Å². The molecule has 0 amide bonds. The lowest BCUT2D eigenvalue weighted by Gasteiger charge is -2.11. The zero-order chi connectivity index (χ0) is 8.23. The highest BCUT2D eigenvalue weighted by molar-refractivity contribution is 5.44. The van der Waals surface area contributed by atoms with Gasteiger partial charge in [0.25, 0.3) is 0 Å². The number of hydrogen-bond acceptors (Lipinski definition) is 1. The first-order valence-corrected chi connectivity index (χ1v) is 4.43. The van der Waals surface area contributed by atoms with Gasteiger partial charge in [-0.15, -0.1) is 0 Å². The lowest BCUT2D eigenvalue weighted by atomic mass is 10.2. The van der Waals surface area contributed by atoms with Crippen molar-refractivity contribution in [1.82, 2.24) is 0 Å². The van der Waals surface area contributed by atoms with Crippen molar-refractivity contribution in [2.45, 2.75) is 18.9 Å². The van der Waals surface area contributed by atoms with Crippen molar-refractivity contribution in [3.05, 3.63) is 42.5 Å². The summed E-state index contributed by atoms with van der Waals surface area (Å²) < 4.78 is 0. The molecule has 0 heterocycles. The fraction of sp³-hybridized carbons (Fsp3) is 0.273. The Morgan fingerprint density at radius 2 is 2.00 bits per heavy atom. The van der Waals surface area contributed by atoms with Crippen LogP contribution in [0.2, 0.25) is 0 Å². The largest absolute Gasteiger partial charge is 0.379 e. The second-order valence-corrected chi connectivity index (χ2v) is 3.12. The summed E-state index contributed by atoms with van der Waals surface area (Å²) in [7, 11) is 0. The number of benzene rings is 1. The molecule has 0 saturated carbocycles. The standard InChI is InChI=1S/C11H13N/c1-2-6-10(7-3-1)12-11-8-4-5-9-11/h1-4,6-8,11-12H,5,9H2. The van der Waals surface area contributed by atoms with Crippen LogP contribution in [0.25, 0.3) is 0 Å². The van der Waals surface area contributed by atoms with Gasteiger partial charge in [0.15, 0.2) is 0 Å². The van der Waals surface area contributed by atoms with Gasteiger partial charge in [0.1, 0.15) is 0 Å². The molecule has 1 atom stereocenters. The van der Waals surface area contributed by atoms with Gasteiger partial charge in [-0.3, -0.25) is 0 Å². The first-order chi connectivity index (χ1) is 5.95. The number of anilines is 1. The van der Waals surface area contributed by atoms with E-state index in [0.29, 0.717) is 6.04 Å². The molecule has 0 fully saturated rings. The molecule has 12 heavy (non-hydrogen) atoms. The molecule has 0 aromatic heterocycles.